The summed E-state index contributed by atoms with van der Waals surface area (Å²) >= 11 is 0. The number of hydrogen-bond acceptors (Lipinski definition) is 4. The summed E-state index contributed by atoms with van der Waals surface area (Å²) < 4.78 is 0. The molecule has 0 saturated heterocycles. The Morgan fingerprint density at radius 2 is 1.26 bits per heavy atom. The smallest absolute Gasteiger partial charge is 0.320 e. The molecule has 0 saturated carbocycles. The van der Waals surface area contributed by atoms with Crippen molar-refractivity contribution in [1.29, 1.82) is 0 Å². The molecule has 0 rings (SSSR count). The quantitative estimate of drug-likeness (QED) is 0.357. The Balaban J connectivity index is 3.77. The van der Waals surface area contributed by atoms with E-state index in [9.17, 15) is 9.90 Å². The number of unbranched alkanes of at least 4 members (excludes halogenated alkanes) is 9. The van der Waals surface area contributed by atoms with E-state index in [0.717, 1.165) is 12.8 Å². The van der Waals surface area contributed by atoms with Gasteiger partial charge in [-0.1, -0.05) is 71.1 Å². The van der Waals surface area contributed by atoms with Crippen LogP contribution in [0.3, 0.4) is 0 Å². The summed E-state index contributed by atoms with van der Waals surface area (Å²) in [5.74, 6) is -0.858. The summed E-state index contributed by atoms with van der Waals surface area (Å²) in [4.78, 5) is 13.0. The lowest BCUT2D eigenvalue weighted by atomic mass is 10.0. The largest absolute Gasteiger partial charge is 0.480 e. The molecule has 0 heterocycles. The molecule has 0 fully saturated rings. The van der Waals surface area contributed by atoms with Crippen LogP contribution >= 0.6 is 0 Å². The fraction of sp³-hybridized carbons (Fsp3) is 0.944. The van der Waals surface area contributed by atoms with Gasteiger partial charge in [0.15, 0.2) is 0 Å². The molecule has 23 heavy (non-hydrogen) atoms. The lowest BCUT2D eigenvalue weighted by Crippen LogP contribution is -2.44. The molecule has 0 aromatic rings. The van der Waals surface area contributed by atoms with Crippen LogP contribution < -0.4 is 0 Å². The highest BCUT2D eigenvalue weighted by atomic mass is 16.4. The molecule has 0 aliphatic carbocycles. The van der Waals surface area contributed by atoms with E-state index in [2.05, 4.69) is 6.92 Å². The molecule has 0 bridgehead atoms. The highest BCUT2D eigenvalue weighted by Crippen LogP contribution is 2.14. The van der Waals surface area contributed by atoms with E-state index in [-0.39, 0.29) is 13.2 Å². The maximum Gasteiger partial charge on any atom is 0.320 e. The zero-order valence-corrected chi connectivity index (χ0v) is 14.9. The zero-order chi connectivity index (χ0) is 17.3. The van der Waals surface area contributed by atoms with E-state index < -0.39 is 12.0 Å². The summed E-state index contributed by atoms with van der Waals surface area (Å²) in [5.41, 5.74) is 0. The predicted octanol–water partition coefficient (Wildman–Crippen LogP) is 3.04. The molecule has 0 radical (unpaired) electrons. The number of nitrogens with zero attached hydrogens (tertiary/aromatic N) is 1. The number of carboxylic acids is 1. The van der Waals surface area contributed by atoms with Crippen molar-refractivity contribution >= 4 is 5.97 Å². The summed E-state index contributed by atoms with van der Waals surface area (Å²) in [5, 5.41) is 27.4. The van der Waals surface area contributed by atoms with Gasteiger partial charge in [-0.15, -0.1) is 0 Å². The predicted molar refractivity (Wildman–Crippen MR) is 93.6 cm³/mol. The standard InChI is InChI=1S/C18H37NO4/c1-2-3-4-5-6-7-8-9-10-11-12-17(18(22)23)19(13-15-20)14-16-21/h17,20-21H,2-16H2,1H3,(H,22,23). The first kappa shape index (κ1) is 22.4. The van der Waals surface area contributed by atoms with Crippen molar-refractivity contribution in [1.82, 2.24) is 4.90 Å². The summed E-state index contributed by atoms with van der Waals surface area (Å²) in [6.07, 6.45) is 12.9. The van der Waals surface area contributed by atoms with Crippen molar-refractivity contribution in [2.24, 2.45) is 0 Å². The highest BCUT2D eigenvalue weighted by Gasteiger charge is 2.24. The normalized spacial score (nSPS) is 12.7. The molecule has 0 aliphatic rings. The van der Waals surface area contributed by atoms with E-state index in [1.165, 1.54) is 51.4 Å². The Kier molecular flexibility index (Phi) is 15.8. The molecular formula is C18H37NO4. The lowest BCUT2D eigenvalue weighted by molar-refractivity contribution is -0.144. The molecule has 1 atom stereocenters. The van der Waals surface area contributed by atoms with Gasteiger partial charge in [-0.05, 0) is 6.42 Å². The minimum absolute atomic E-state index is 0.0815. The molecule has 0 spiro atoms. The number of aliphatic carboxylic acids is 1. The number of carboxylic acid groups (broad SMARTS) is 1. The van der Waals surface area contributed by atoms with Gasteiger partial charge in [-0.2, -0.15) is 0 Å². The molecule has 0 amide bonds. The van der Waals surface area contributed by atoms with Gasteiger partial charge >= 0.3 is 5.97 Å². The summed E-state index contributed by atoms with van der Waals surface area (Å²) in [6, 6.07) is -0.594. The second-order valence-corrected chi connectivity index (χ2v) is 6.31. The molecule has 0 aromatic heterocycles. The molecule has 0 aromatic carbocycles. The van der Waals surface area contributed by atoms with Crippen LogP contribution in [-0.4, -0.2) is 58.5 Å². The van der Waals surface area contributed by atoms with Crippen LogP contribution in [-0.2, 0) is 4.79 Å². The fourth-order valence-electron chi connectivity index (χ4n) is 2.97. The first-order valence-electron chi connectivity index (χ1n) is 9.35. The Morgan fingerprint density at radius 3 is 1.65 bits per heavy atom. The van der Waals surface area contributed by atoms with Crippen LogP contribution in [0.1, 0.15) is 77.6 Å². The summed E-state index contributed by atoms with van der Waals surface area (Å²) in [7, 11) is 0. The van der Waals surface area contributed by atoms with Crippen molar-refractivity contribution in [2.75, 3.05) is 26.3 Å². The Bertz CT molecular complexity index is 268. The maximum absolute atomic E-state index is 11.4. The van der Waals surface area contributed by atoms with Gasteiger partial charge in [-0.3, -0.25) is 9.69 Å². The van der Waals surface area contributed by atoms with Crippen molar-refractivity contribution in [2.45, 2.75) is 83.6 Å². The van der Waals surface area contributed by atoms with Crippen molar-refractivity contribution in [3.05, 3.63) is 0 Å². The molecule has 0 aliphatic heterocycles. The zero-order valence-electron chi connectivity index (χ0n) is 14.9. The van der Waals surface area contributed by atoms with Crippen molar-refractivity contribution in [3.8, 4) is 0 Å². The van der Waals surface area contributed by atoms with Gasteiger partial charge in [0.05, 0.1) is 13.2 Å². The molecule has 3 N–H and O–H groups in total. The monoisotopic (exact) mass is 331 g/mol. The average molecular weight is 331 g/mol. The van der Waals surface area contributed by atoms with Gasteiger partial charge < -0.3 is 15.3 Å². The van der Waals surface area contributed by atoms with Crippen molar-refractivity contribution < 1.29 is 20.1 Å². The van der Waals surface area contributed by atoms with Crippen LogP contribution in [0.15, 0.2) is 0 Å². The lowest BCUT2D eigenvalue weighted by Gasteiger charge is -2.27. The first-order chi connectivity index (χ1) is 11.2. The Hall–Kier alpha value is -0.650. The minimum atomic E-state index is -0.858. The molecule has 5 nitrogen and oxygen atoms in total. The highest BCUT2D eigenvalue weighted by molar-refractivity contribution is 5.73. The molecule has 5 heteroatoms. The number of hydrogen-bond donors (Lipinski definition) is 3. The number of aliphatic hydroxyl groups is 2. The van der Waals surface area contributed by atoms with E-state index in [1.807, 2.05) is 0 Å². The topological polar surface area (TPSA) is 81.0 Å². The SMILES string of the molecule is CCCCCCCCCCCCC(C(=O)O)N(CCO)CCO. The molecule has 138 valence electrons. The van der Waals surface area contributed by atoms with Crippen molar-refractivity contribution in [3.63, 3.8) is 0 Å². The van der Waals surface area contributed by atoms with Gasteiger partial charge in [0, 0.05) is 13.1 Å². The van der Waals surface area contributed by atoms with E-state index >= 15 is 0 Å². The molecule has 1 unspecified atom stereocenters. The second kappa shape index (κ2) is 16.2. The van der Waals surface area contributed by atoms with Crippen LogP contribution in [0.5, 0.6) is 0 Å². The second-order valence-electron chi connectivity index (χ2n) is 6.31. The third kappa shape index (κ3) is 12.4. The fourth-order valence-corrected chi connectivity index (χ4v) is 2.97. The van der Waals surface area contributed by atoms with Gasteiger partial charge in [-0.25, -0.2) is 0 Å². The Labute approximate surface area is 141 Å². The third-order valence-corrected chi connectivity index (χ3v) is 4.33. The third-order valence-electron chi connectivity index (χ3n) is 4.33. The number of rotatable bonds is 17. The van der Waals surface area contributed by atoms with Crippen LogP contribution in [0, 0.1) is 0 Å². The average Bonchev–Trinajstić information content (AvgIpc) is 2.52. The van der Waals surface area contributed by atoms with Gasteiger partial charge in [0.25, 0.3) is 0 Å². The van der Waals surface area contributed by atoms with Crippen LogP contribution in [0.2, 0.25) is 0 Å². The van der Waals surface area contributed by atoms with E-state index in [1.54, 1.807) is 4.90 Å². The Morgan fingerprint density at radius 1 is 0.826 bits per heavy atom. The number of aliphatic hydroxyl groups excluding tert-OH is 2. The summed E-state index contributed by atoms with van der Waals surface area (Å²) in [6.45, 7) is 2.67. The van der Waals surface area contributed by atoms with Crippen LogP contribution in [0.4, 0.5) is 0 Å². The van der Waals surface area contributed by atoms with Crippen LogP contribution in [0.25, 0.3) is 0 Å². The number of carbonyl (C=O) groups is 1. The molecular weight excluding hydrogens is 294 g/mol. The first-order valence-corrected chi connectivity index (χ1v) is 9.35. The van der Waals surface area contributed by atoms with Gasteiger partial charge in [0.2, 0.25) is 0 Å². The van der Waals surface area contributed by atoms with E-state index in [0.29, 0.717) is 19.5 Å². The minimum Gasteiger partial charge on any atom is -0.480 e. The van der Waals surface area contributed by atoms with Gasteiger partial charge in [0.1, 0.15) is 6.04 Å². The van der Waals surface area contributed by atoms with E-state index in [4.69, 9.17) is 10.2 Å². The maximum atomic E-state index is 11.4.